The molecule has 0 radical (unpaired) electrons. The smallest absolute Gasteiger partial charge is 0.331 e. The molecular formula is C21H24N2O6S. The summed E-state index contributed by atoms with van der Waals surface area (Å²) in [5.74, 6) is -1.03. The molecule has 2 rings (SSSR count). The molecule has 2 N–H and O–H groups in total. The fraction of sp³-hybridized carbons (Fsp3) is 0.238. The van der Waals surface area contributed by atoms with Crippen LogP contribution in [0.2, 0.25) is 0 Å². The highest BCUT2D eigenvalue weighted by Crippen LogP contribution is 2.25. The van der Waals surface area contributed by atoms with Gasteiger partial charge in [-0.05, 0) is 67.9 Å². The summed E-state index contributed by atoms with van der Waals surface area (Å²) in [6, 6.07) is 10.0. The lowest BCUT2D eigenvalue weighted by atomic mass is 10.1. The van der Waals surface area contributed by atoms with Crippen molar-refractivity contribution < 1.29 is 27.5 Å². The quantitative estimate of drug-likeness (QED) is 0.490. The number of anilines is 1. The van der Waals surface area contributed by atoms with Crippen molar-refractivity contribution in [2.75, 3.05) is 26.1 Å². The lowest BCUT2D eigenvalue weighted by molar-refractivity contribution is -0.142. The Labute approximate surface area is 175 Å². The topological polar surface area (TPSA) is 111 Å². The maximum atomic E-state index is 12.1. The molecule has 0 fully saturated rings. The lowest BCUT2D eigenvalue weighted by Crippen LogP contribution is -2.20. The largest absolute Gasteiger partial charge is 0.495 e. The van der Waals surface area contributed by atoms with Gasteiger partial charge in [0.15, 0.2) is 6.61 Å². The van der Waals surface area contributed by atoms with E-state index in [9.17, 15) is 18.0 Å². The number of aryl methyl sites for hydroxylation is 2. The maximum absolute atomic E-state index is 12.1. The second-order valence-electron chi connectivity index (χ2n) is 6.48. The van der Waals surface area contributed by atoms with Crippen LogP contribution in [0.5, 0.6) is 5.75 Å². The summed E-state index contributed by atoms with van der Waals surface area (Å²) >= 11 is 0. The van der Waals surface area contributed by atoms with Crippen molar-refractivity contribution in [1.82, 2.24) is 4.72 Å². The first-order valence-corrected chi connectivity index (χ1v) is 10.5. The van der Waals surface area contributed by atoms with Crippen molar-refractivity contribution in [3.63, 3.8) is 0 Å². The number of hydrogen-bond donors (Lipinski definition) is 2. The van der Waals surface area contributed by atoms with Gasteiger partial charge in [-0.15, -0.1) is 0 Å². The van der Waals surface area contributed by atoms with E-state index in [4.69, 9.17) is 9.47 Å². The Kier molecular flexibility index (Phi) is 7.73. The van der Waals surface area contributed by atoms with Crippen LogP contribution in [0, 0.1) is 13.8 Å². The predicted molar refractivity (Wildman–Crippen MR) is 114 cm³/mol. The average molecular weight is 432 g/mol. The first kappa shape index (κ1) is 23.1. The van der Waals surface area contributed by atoms with Gasteiger partial charge in [-0.3, -0.25) is 4.79 Å². The Balaban J connectivity index is 1.99. The van der Waals surface area contributed by atoms with Gasteiger partial charge in [-0.25, -0.2) is 17.9 Å². The zero-order chi connectivity index (χ0) is 22.3. The number of carbonyl (C=O) groups is 2. The third-order valence-corrected chi connectivity index (χ3v) is 5.44. The molecule has 0 saturated carbocycles. The van der Waals surface area contributed by atoms with Gasteiger partial charge >= 0.3 is 5.97 Å². The molecule has 0 spiro atoms. The van der Waals surface area contributed by atoms with E-state index in [1.54, 1.807) is 6.07 Å². The van der Waals surface area contributed by atoms with E-state index in [0.29, 0.717) is 11.3 Å². The van der Waals surface area contributed by atoms with E-state index in [2.05, 4.69) is 10.0 Å². The molecule has 0 aliphatic heterocycles. The Bertz CT molecular complexity index is 1060. The summed E-state index contributed by atoms with van der Waals surface area (Å²) in [7, 11) is -1.09. The van der Waals surface area contributed by atoms with Crippen molar-refractivity contribution in [2.45, 2.75) is 18.7 Å². The summed E-state index contributed by atoms with van der Waals surface area (Å²) in [4.78, 5) is 23.8. The van der Waals surface area contributed by atoms with Crippen molar-refractivity contribution in [3.8, 4) is 5.75 Å². The Hall–Kier alpha value is -3.17. The molecule has 0 atom stereocenters. The molecule has 0 aromatic heterocycles. The number of benzene rings is 2. The van der Waals surface area contributed by atoms with E-state index in [0.717, 1.165) is 17.2 Å². The fourth-order valence-electron chi connectivity index (χ4n) is 2.71. The average Bonchev–Trinajstić information content (AvgIpc) is 2.69. The van der Waals surface area contributed by atoms with E-state index in [1.807, 2.05) is 32.0 Å². The van der Waals surface area contributed by atoms with Crippen LogP contribution in [-0.2, 0) is 24.3 Å². The molecule has 2 aromatic carbocycles. The normalized spacial score (nSPS) is 11.3. The highest BCUT2D eigenvalue weighted by atomic mass is 32.2. The standard InChI is InChI=1S/C21H24N2O6S/c1-14-9-15(2)11-17(10-14)23-20(24)13-29-21(25)8-6-16-5-7-18(28-4)19(12-16)30(26,27)22-3/h5-12,22H,13H2,1-4H3,(H,23,24)/b8-6+. The van der Waals surface area contributed by atoms with Crippen molar-refractivity contribution in [1.29, 1.82) is 0 Å². The third kappa shape index (κ3) is 6.43. The third-order valence-electron chi connectivity index (χ3n) is 4.01. The molecule has 8 nitrogen and oxygen atoms in total. The van der Waals surface area contributed by atoms with Gasteiger partial charge in [0.25, 0.3) is 5.91 Å². The highest BCUT2D eigenvalue weighted by molar-refractivity contribution is 7.89. The maximum Gasteiger partial charge on any atom is 0.331 e. The Morgan fingerprint density at radius 1 is 1.07 bits per heavy atom. The van der Waals surface area contributed by atoms with Gasteiger partial charge in [-0.2, -0.15) is 0 Å². The van der Waals surface area contributed by atoms with Crippen molar-refractivity contribution in [3.05, 3.63) is 59.2 Å². The van der Waals surface area contributed by atoms with Gasteiger partial charge in [0.1, 0.15) is 10.6 Å². The van der Waals surface area contributed by atoms with Crippen LogP contribution < -0.4 is 14.8 Å². The van der Waals surface area contributed by atoms with Crippen LogP contribution in [0.1, 0.15) is 16.7 Å². The molecule has 0 bridgehead atoms. The van der Waals surface area contributed by atoms with E-state index in [-0.39, 0.29) is 10.6 Å². The van der Waals surface area contributed by atoms with Crippen molar-refractivity contribution in [2.24, 2.45) is 0 Å². The van der Waals surface area contributed by atoms with Crippen LogP contribution >= 0.6 is 0 Å². The molecule has 0 unspecified atom stereocenters. The molecule has 30 heavy (non-hydrogen) atoms. The zero-order valence-electron chi connectivity index (χ0n) is 17.2. The van der Waals surface area contributed by atoms with Gasteiger partial charge in [0.05, 0.1) is 7.11 Å². The van der Waals surface area contributed by atoms with Gasteiger partial charge in [-0.1, -0.05) is 12.1 Å². The SMILES string of the molecule is CNS(=O)(=O)c1cc(/C=C/C(=O)OCC(=O)Nc2cc(C)cc(C)c2)ccc1OC. The summed E-state index contributed by atoms with van der Waals surface area (Å²) in [5.41, 5.74) is 3.08. The minimum atomic E-state index is -3.74. The number of hydrogen-bond acceptors (Lipinski definition) is 6. The number of ether oxygens (including phenoxy) is 2. The number of esters is 1. The van der Waals surface area contributed by atoms with Crippen LogP contribution in [-0.4, -0.2) is 41.1 Å². The van der Waals surface area contributed by atoms with Gasteiger partial charge in [0.2, 0.25) is 10.0 Å². The second-order valence-corrected chi connectivity index (χ2v) is 8.34. The fourth-order valence-corrected chi connectivity index (χ4v) is 3.64. The molecule has 0 saturated heterocycles. The second kappa shape index (κ2) is 10.0. The monoisotopic (exact) mass is 432 g/mol. The van der Waals surface area contributed by atoms with Crippen LogP contribution in [0.3, 0.4) is 0 Å². The highest BCUT2D eigenvalue weighted by Gasteiger charge is 2.17. The molecule has 1 amide bonds. The molecular weight excluding hydrogens is 408 g/mol. The summed E-state index contributed by atoms with van der Waals surface area (Å²) in [6.07, 6.45) is 2.50. The number of carbonyl (C=O) groups excluding carboxylic acids is 2. The number of nitrogens with one attached hydrogen (secondary N) is 2. The summed E-state index contributed by atoms with van der Waals surface area (Å²) < 4.78 is 36.4. The van der Waals surface area contributed by atoms with Crippen LogP contribution in [0.25, 0.3) is 6.08 Å². The molecule has 9 heteroatoms. The number of sulfonamides is 1. The minimum absolute atomic E-state index is 0.0594. The number of methoxy groups -OCH3 is 1. The van der Waals surface area contributed by atoms with Crippen LogP contribution in [0.4, 0.5) is 5.69 Å². The van der Waals surface area contributed by atoms with Gasteiger partial charge in [0, 0.05) is 11.8 Å². The van der Waals surface area contributed by atoms with Crippen LogP contribution in [0.15, 0.2) is 47.4 Å². The lowest BCUT2D eigenvalue weighted by Gasteiger charge is -2.09. The Morgan fingerprint density at radius 2 is 1.73 bits per heavy atom. The zero-order valence-corrected chi connectivity index (χ0v) is 18.0. The first-order valence-electron chi connectivity index (χ1n) is 8.99. The molecule has 0 heterocycles. The van der Waals surface area contributed by atoms with E-state index < -0.39 is 28.5 Å². The number of rotatable bonds is 8. The molecule has 160 valence electrons. The molecule has 0 aliphatic rings. The van der Waals surface area contributed by atoms with Gasteiger partial charge < -0.3 is 14.8 Å². The van der Waals surface area contributed by atoms with E-state index >= 15 is 0 Å². The summed E-state index contributed by atoms with van der Waals surface area (Å²) in [6.45, 7) is 3.39. The Morgan fingerprint density at radius 3 is 2.33 bits per heavy atom. The molecule has 2 aromatic rings. The first-order chi connectivity index (χ1) is 14.1. The minimum Gasteiger partial charge on any atom is -0.495 e. The van der Waals surface area contributed by atoms with Crippen molar-refractivity contribution >= 4 is 33.7 Å². The molecule has 0 aliphatic carbocycles. The summed E-state index contributed by atoms with van der Waals surface area (Å²) in [5, 5.41) is 2.67. The predicted octanol–water partition coefficient (Wildman–Crippen LogP) is 2.42. The number of amides is 1. The van der Waals surface area contributed by atoms with E-state index in [1.165, 1.54) is 32.4 Å².